The summed E-state index contributed by atoms with van der Waals surface area (Å²) >= 11 is 0. The lowest BCUT2D eigenvalue weighted by Crippen LogP contribution is -2.27. The molecule has 5 nitrogen and oxygen atoms in total. The molecule has 1 aromatic heterocycles. The van der Waals surface area contributed by atoms with Crippen LogP contribution >= 0.6 is 0 Å². The Bertz CT molecular complexity index is 676. The summed E-state index contributed by atoms with van der Waals surface area (Å²) in [5.74, 6) is 0.439. The predicted octanol–water partition coefficient (Wildman–Crippen LogP) is 2.66. The first-order valence-electron chi connectivity index (χ1n) is 7.23. The molecule has 0 saturated heterocycles. The average molecular weight is 285 g/mol. The minimum atomic E-state index is -0.181. The molecule has 110 valence electrons. The van der Waals surface area contributed by atoms with Gasteiger partial charge in [-0.3, -0.25) is 9.89 Å². The minimum absolute atomic E-state index is 0.0567. The van der Waals surface area contributed by atoms with E-state index in [1.165, 1.54) is 0 Å². The number of rotatable bonds is 3. The summed E-state index contributed by atoms with van der Waals surface area (Å²) in [6.07, 6.45) is 1.59. The number of hydrogen-bond acceptors (Lipinski definition) is 3. The van der Waals surface area contributed by atoms with Crippen LogP contribution in [0.3, 0.4) is 0 Å². The van der Waals surface area contributed by atoms with Crippen LogP contribution < -0.4 is 5.32 Å². The molecular formula is C16H19N3O2. The molecule has 0 spiro atoms. The Morgan fingerprint density at radius 2 is 2.29 bits per heavy atom. The van der Waals surface area contributed by atoms with Gasteiger partial charge in [-0.1, -0.05) is 26.0 Å². The van der Waals surface area contributed by atoms with E-state index in [4.69, 9.17) is 0 Å². The standard InChI is InChI=1S/C16H19N3O2/c1-9(2)13-8-14(19-18-13)16(21)17-12-7-6-11-10(12)4-3-5-15(11)20/h3-5,8-9,12,20H,6-7H2,1-2H3,(H,17,21)(H,18,19)/t12-/m1/s1. The Hall–Kier alpha value is -2.30. The number of hydrogen-bond donors (Lipinski definition) is 3. The van der Waals surface area contributed by atoms with Crippen molar-refractivity contribution in [1.82, 2.24) is 15.5 Å². The van der Waals surface area contributed by atoms with Crippen LogP contribution in [0.5, 0.6) is 5.75 Å². The van der Waals surface area contributed by atoms with Crippen molar-refractivity contribution in [2.45, 2.75) is 38.6 Å². The Labute approximate surface area is 123 Å². The van der Waals surface area contributed by atoms with Crippen LogP contribution in [0.25, 0.3) is 0 Å². The smallest absolute Gasteiger partial charge is 0.272 e. The molecule has 3 N–H and O–H groups in total. The molecule has 1 atom stereocenters. The molecule has 1 amide bonds. The van der Waals surface area contributed by atoms with Gasteiger partial charge in [0.2, 0.25) is 0 Å². The fourth-order valence-corrected chi connectivity index (χ4v) is 2.77. The third-order valence-corrected chi connectivity index (χ3v) is 4.00. The third-order valence-electron chi connectivity index (χ3n) is 4.00. The predicted molar refractivity (Wildman–Crippen MR) is 79.3 cm³/mol. The second-order valence-electron chi connectivity index (χ2n) is 5.77. The number of amides is 1. The first-order valence-corrected chi connectivity index (χ1v) is 7.23. The highest BCUT2D eigenvalue weighted by atomic mass is 16.3. The maximum absolute atomic E-state index is 12.3. The summed E-state index contributed by atoms with van der Waals surface area (Å²) < 4.78 is 0. The van der Waals surface area contributed by atoms with Crippen LogP contribution in [0, 0.1) is 0 Å². The first kappa shape index (κ1) is 13.7. The zero-order valence-corrected chi connectivity index (χ0v) is 12.2. The van der Waals surface area contributed by atoms with E-state index in [9.17, 15) is 9.90 Å². The zero-order chi connectivity index (χ0) is 15.0. The van der Waals surface area contributed by atoms with E-state index >= 15 is 0 Å². The summed E-state index contributed by atoms with van der Waals surface area (Å²) in [7, 11) is 0. The van der Waals surface area contributed by atoms with Crippen LogP contribution in [-0.2, 0) is 6.42 Å². The van der Waals surface area contributed by atoms with Gasteiger partial charge in [0.1, 0.15) is 11.4 Å². The molecule has 3 rings (SSSR count). The van der Waals surface area contributed by atoms with Crippen molar-refractivity contribution in [2.75, 3.05) is 0 Å². The molecule has 21 heavy (non-hydrogen) atoms. The molecule has 1 aromatic carbocycles. The van der Waals surface area contributed by atoms with Gasteiger partial charge in [0.05, 0.1) is 6.04 Å². The zero-order valence-electron chi connectivity index (χ0n) is 12.2. The van der Waals surface area contributed by atoms with Crippen molar-refractivity contribution in [3.8, 4) is 5.75 Å². The molecule has 0 unspecified atom stereocenters. The number of nitrogens with one attached hydrogen (secondary N) is 2. The number of nitrogens with zero attached hydrogens (tertiary/aromatic N) is 1. The van der Waals surface area contributed by atoms with E-state index in [0.29, 0.717) is 17.4 Å². The Kier molecular flexibility index (Phi) is 3.41. The SMILES string of the molecule is CC(C)c1cc(C(=O)N[C@@H]2CCc3c(O)cccc32)n[nH]1. The highest BCUT2D eigenvalue weighted by molar-refractivity contribution is 5.92. The number of fused-ring (bicyclic) bond motifs is 1. The first-order chi connectivity index (χ1) is 10.1. The Morgan fingerprint density at radius 3 is 3.00 bits per heavy atom. The van der Waals surface area contributed by atoms with Gasteiger partial charge >= 0.3 is 0 Å². The number of aromatic hydroxyl groups is 1. The van der Waals surface area contributed by atoms with E-state index in [1.54, 1.807) is 12.1 Å². The number of aromatic amines is 1. The number of aromatic nitrogens is 2. The highest BCUT2D eigenvalue weighted by Gasteiger charge is 2.26. The summed E-state index contributed by atoms with van der Waals surface area (Å²) in [5, 5.41) is 19.8. The molecular weight excluding hydrogens is 266 g/mol. The summed E-state index contributed by atoms with van der Waals surface area (Å²) in [5.41, 5.74) is 3.30. The molecule has 0 bridgehead atoms. The maximum atomic E-state index is 12.3. The molecule has 0 saturated carbocycles. The molecule has 2 aromatic rings. The lowest BCUT2D eigenvalue weighted by atomic mass is 10.1. The van der Waals surface area contributed by atoms with Crippen molar-refractivity contribution >= 4 is 5.91 Å². The Morgan fingerprint density at radius 1 is 1.48 bits per heavy atom. The van der Waals surface area contributed by atoms with E-state index < -0.39 is 0 Å². The lowest BCUT2D eigenvalue weighted by Gasteiger charge is -2.13. The summed E-state index contributed by atoms with van der Waals surface area (Å²) in [6.45, 7) is 4.09. The van der Waals surface area contributed by atoms with Gasteiger partial charge in [0, 0.05) is 5.69 Å². The fraction of sp³-hybridized carbons (Fsp3) is 0.375. The maximum Gasteiger partial charge on any atom is 0.272 e. The number of phenolic OH excluding ortho intramolecular Hbond substituents is 1. The van der Waals surface area contributed by atoms with Crippen LogP contribution in [0.1, 0.15) is 59.5 Å². The molecule has 5 heteroatoms. The van der Waals surface area contributed by atoms with Crippen molar-refractivity contribution in [1.29, 1.82) is 0 Å². The summed E-state index contributed by atoms with van der Waals surface area (Å²) in [4.78, 5) is 12.3. The van der Waals surface area contributed by atoms with Gasteiger partial charge < -0.3 is 10.4 Å². The number of phenols is 1. The van der Waals surface area contributed by atoms with Gasteiger partial charge in [-0.05, 0) is 42.0 Å². The average Bonchev–Trinajstić information content (AvgIpc) is 3.07. The quantitative estimate of drug-likeness (QED) is 0.811. The van der Waals surface area contributed by atoms with Crippen LogP contribution in [0.15, 0.2) is 24.3 Å². The van der Waals surface area contributed by atoms with Gasteiger partial charge in [-0.15, -0.1) is 0 Å². The molecule has 1 heterocycles. The van der Waals surface area contributed by atoms with E-state index in [1.807, 2.05) is 26.0 Å². The van der Waals surface area contributed by atoms with Crippen molar-refractivity contribution in [2.24, 2.45) is 0 Å². The Balaban J connectivity index is 1.76. The van der Waals surface area contributed by atoms with Crippen molar-refractivity contribution in [3.05, 3.63) is 46.8 Å². The largest absolute Gasteiger partial charge is 0.508 e. The number of carbonyl (C=O) groups is 1. The van der Waals surface area contributed by atoms with Crippen LogP contribution in [0.4, 0.5) is 0 Å². The number of benzene rings is 1. The molecule has 0 radical (unpaired) electrons. The molecule has 0 fully saturated rings. The van der Waals surface area contributed by atoms with Crippen molar-refractivity contribution in [3.63, 3.8) is 0 Å². The molecule has 0 aliphatic heterocycles. The normalized spacial score (nSPS) is 17.0. The van der Waals surface area contributed by atoms with Crippen molar-refractivity contribution < 1.29 is 9.90 Å². The monoisotopic (exact) mass is 285 g/mol. The third kappa shape index (κ3) is 2.51. The van der Waals surface area contributed by atoms with Gasteiger partial charge in [0.15, 0.2) is 0 Å². The highest BCUT2D eigenvalue weighted by Crippen LogP contribution is 2.36. The van der Waals surface area contributed by atoms with Gasteiger partial charge in [0.25, 0.3) is 5.91 Å². The van der Waals surface area contributed by atoms with Crippen LogP contribution in [-0.4, -0.2) is 21.2 Å². The van der Waals surface area contributed by atoms with Crippen LogP contribution in [0.2, 0.25) is 0 Å². The second-order valence-corrected chi connectivity index (χ2v) is 5.77. The lowest BCUT2D eigenvalue weighted by molar-refractivity contribution is 0.0931. The van der Waals surface area contributed by atoms with E-state index in [0.717, 1.165) is 29.7 Å². The second kappa shape index (κ2) is 5.24. The molecule has 1 aliphatic rings. The van der Waals surface area contributed by atoms with E-state index in [-0.39, 0.29) is 11.9 Å². The van der Waals surface area contributed by atoms with E-state index in [2.05, 4.69) is 15.5 Å². The fourth-order valence-electron chi connectivity index (χ4n) is 2.77. The van der Waals surface area contributed by atoms with Gasteiger partial charge in [-0.2, -0.15) is 5.10 Å². The molecule has 1 aliphatic carbocycles. The minimum Gasteiger partial charge on any atom is -0.508 e. The number of carbonyl (C=O) groups excluding carboxylic acids is 1. The summed E-state index contributed by atoms with van der Waals surface area (Å²) in [6, 6.07) is 7.18. The van der Waals surface area contributed by atoms with Gasteiger partial charge in [-0.25, -0.2) is 0 Å². The number of H-pyrrole nitrogens is 1. The topological polar surface area (TPSA) is 78.0 Å².